The van der Waals surface area contributed by atoms with E-state index in [2.05, 4.69) is 47.9 Å². The van der Waals surface area contributed by atoms with Crippen molar-refractivity contribution >= 4 is 10.0 Å². The zero-order valence-corrected chi connectivity index (χ0v) is 22.0. The van der Waals surface area contributed by atoms with Crippen LogP contribution in [0.4, 0.5) is 0 Å². The largest absolute Gasteiger partial charge is 0.379 e. The van der Waals surface area contributed by atoms with Gasteiger partial charge in [0.1, 0.15) is 0 Å². The quantitative estimate of drug-likeness (QED) is 0.420. The van der Waals surface area contributed by atoms with Gasteiger partial charge in [-0.1, -0.05) is 89.7 Å². The van der Waals surface area contributed by atoms with E-state index < -0.39 is 10.0 Å². The van der Waals surface area contributed by atoms with E-state index in [1.807, 2.05) is 56.3 Å². The molecule has 5 nitrogen and oxygen atoms in total. The molecule has 3 aromatic carbocycles. The highest BCUT2D eigenvalue weighted by Gasteiger charge is 2.29. The third-order valence-electron chi connectivity index (χ3n) is 6.62. The number of hydrogen-bond donors (Lipinski definition) is 0. The molecular formula is C30H34N2O3S. The van der Waals surface area contributed by atoms with E-state index in [9.17, 15) is 8.42 Å². The number of sulfonamides is 1. The molecule has 0 spiro atoms. The summed E-state index contributed by atoms with van der Waals surface area (Å²) in [5.41, 5.74) is 4.25. The minimum atomic E-state index is -3.76. The van der Waals surface area contributed by atoms with Gasteiger partial charge in [0, 0.05) is 19.1 Å². The second-order valence-corrected chi connectivity index (χ2v) is 11.1. The molecule has 0 saturated carbocycles. The maximum absolute atomic E-state index is 13.8. The first-order chi connectivity index (χ1) is 17.4. The predicted molar refractivity (Wildman–Crippen MR) is 144 cm³/mol. The summed E-state index contributed by atoms with van der Waals surface area (Å²) in [4.78, 5) is 2.58. The van der Waals surface area contributed by atoms with Crippen LogP contribution in [0.1, 0.15) is 41.3 Å². The summed E-state index contributed by atoms with van der Waals surface area (Å²) in [6.45, 7) is 8.95. The molecule has 0 aromatic heterocycles. The molecule has 36 heavy (non-hydrogen) atoms. The zero-order valence-electron chi connectivity index (χ0n) is 21.2. The van der Waals surface area contributed by atoms with E-state index in [0.29, 0.717) is 13.2 Å². The Labute approximate surface area is 215 Å². The number of benzene rings is 3. The molecule has 4 rings (SSSR count). The molecule has 1 unspecified atom stereocenters. The SMILES string of the molecule is Cc1ccc(C(C#CCN([C@@H](C)c2ccccc2)S(=O)(=O)c2ccc(C)cc2)N2CCOCC2)cc1. The van der Waals surface area contributed by atoms with Crippen LogP contribution in [0, 0.1) is 25.7 Å². The van der Waals surface area contributed by atoms with Crippen LogP contribution in [0.3, 0.4) is 0 Å². The number of rotatable bonds is 7. The Morgan fingerprint density at radius 2 is 1.44 bits per heavy atom. The summed E-state index contributed by atoms with van der Waals surface area (Å²) in [6.07, 6.45) is 0. The lowest BCUT2D eigenvalue weighted by atomic mass is 10.0. The first-order valence-corrected chi connectivity index (χ1v) is 13.8. The Bertz CT molecular complexity index is 1290. The van der Waals surface area contributed by atoms with E-state index in [1.54, 1.807) is 12.1 Å². The lowest BCUT2D eigenvalue weighted by molar-refractivity contribution is 0.0269. The Kier molecular flexibility index (Phi) is 8.60. The summed E-state index contributed by atoms with van der Waals surface area (Å²) < 4.78 is 34.6. The molecular weight excluding hydrogens is 468 g/mol. The molecule has 1 aliphatic heterocycles. The fourth-order valence-electron chi connectivity index (χ4n) is 4.36. The van der Waals surface area contributed by atoms with Crippen LogP contribution in [-0.4, -0.2) is 50.5 Å². The third-order valence-corrected chi connectivity index (χ3v) is 8.55. The van der Waals surface area contributed by atoms with E-state index in [0.717, 1.165) is 29.8 Å². The summed E-state index contributed by atoms with van der Waals surface area (Å²) in [6, 6.07) is 24.6. The normalized spacial score (nSPS) is 16.2. The van der Waals surface area contributed by atoms with Gasteiger partial charge in [-0.25, -0.2) is 8.42 Å². The molecule has 188 valence electrons. The van der Waals surface area contributed by atoms with Crippen LogP contribution in [0.25, 0.3) is 0 Å². The molecule has 0 bridgehead atoms. The van der Waals surface area contributed by atoms with Gasteiger partial charge in [-0.05, 0) is 44.0 Å². The van der Waals surface area contributed by atoms with Crippen molar-refractivity contribution in [2.75, 3.05) is 32.8 Å². The van der Waals surface area contributed by atoms with Gasteiger partial charge in [0.25, 0.3) is 0 Å². The maximum atomic E-state index is 13.8. The summed E-state index contributed by atoms with van der Waals surface area (Å²) in [5, 5.41) is 0. The van der Waals surface area contributed by atoms with Crippen LogP contribution in [0.5, 0.6) is 0 Å². The lowest BCUT2D eigenvalue weighted by Gasteiger charge is -2.32. The Morgan fingerprint density at radius 1 is 0.861 bits per heavy atom. The van der Waals surface area contributed by atoms with Gasteiger partial charge in [-0.3, -0.25) is 4.90 Å². The van der Waals surface area contributed by atoms with Crippen molar-refractivity contribution in [3.63, 3.8) is 0 Å². The van der Waals surface area contributed by atoms with Crippen LogP contribution in [0.15, 0.2) is 83.8 Å². The van der Waals surface area contributed by atoms with Crippen molar-refractivity contribution in [2.24, 2.45) is 0 Å². The Morgan fingerprint density at radius 3 is 2.06 bits per heavy atom. The van der Waals surface area contributed by atoms with Crippen molar-refractivity contribution in [1.29, 1.82) is 0 Å². The van der Waals surface area contributed by atoms with Crippen LogP contribution in [0.2, 0.25) is 0 Å². The molecule has 6 heteroatoms. The number of ether oxygens (including phenoxy) is 1. The highest BCUT2D eigenvalue weighted by atomic mass is 32.2. The molecule has 3 aromatic rings. The molecule has 1 heterocycles. The third kappa shape index (κ3) is 6.24. The van der Waals surface area contributed by atoms with Gasteiger partial charge >= 0.3 is 0 Å². The second kappa shape index (κ2) is 11.9. The number of hydrogen-bond acceptors (Lipinski definition) is 4. The van der Waals surface area contributed by atoms with E-state index in [-0.39, 0.29) is 23.5 Å². The fraction of sp³-hybridized carbons (Fsp3) is 0.333. The van der Waals surface area contributed by atoms with Crippen molar-refractivity contribution in [1.82, 2.24) is 9.21 Å². The van der Waals surface area contributed by atoms with Gasteiger partial charge in [-0.2, -0.15) is 4.31 Å². The number of nitrogens with zero attached hydrogens (tertiary/aromatic N) is 2. The minimum absolute atomic E-state index is 0.0962. The smallest absolute Gasteiger partial charge is 0.244 e. The van der Waals surface area contributed by atoms with Crippen LogP contribution < -0.4 is 0 Å². The molecule has 0 N–H and O–H groups in total. The molecule has 1 saturated heterocycles. The molecule has 1 aliphatic rings. The monoisotopic (exact) mass is 502 g/mol. The summed E-state index contributed by atoms with van der Waals surface area (Å²) in [7, 11) is -3.76. The van der Waals surface area contributed by atoms with Gasteiger partial charge in [0.2, 0.25) is 10.0 Å². The highest BCUT2D eigenvalue weighted by molar-refractivity contribution is 7.89. The molecule has 0 aliphatic carbocycles. The topological polar surface area (TPSA) is 49.9 Å². The highest BCUT2D eigenvalue weighted by Crippen LogP contribution is 2.28. The van der Waals surface area contributed by atoms with E-state index in [1.165, 1.54) is 9.87 Å². The van der Waals surface area contributed by atoms with Crippen molar-refractivity contribution < 1.29 is 13.2 Å². The molecule has 1 fully saturated rings. The zero-order chi connectivity index (χ0) is 25.5. The molecule has 2 atom stereocenters. The van der Waals surface area contributed by atoms with Crippen LogP contribution in [-0.2, 0) is 14.8 Å². The van der Waals surface area contributed by atoms with Crippen molar-refractivity contribution in [3.8, 4) is 11.8 Å². The number of aryl methyl sites for hydroxylation is 2. The van der Waals surface area contributed by atoms with Crippen molar-refractivity contribution in [2.45, 2.75) is 37.8 Å². The van der Waals surface area contributed by atoms with Crippen LogP contribution >= 0.6 is 0 Å². The average Bonchev–Trinajstić information content (AvgIpc) is 2.90. The fourth-order valence-corrected chi connectivity index (χ4v) is 5.89. The molecule has 0 radical (unpaired) electrons. The van der Waals surface area contributed by atoms with Gasteiger partial charge in [0.15, 0.2) is 0 Å². The van der Waals surface area contributed by atoms with E-state index >= 15 is 0 Å². The molecule has 0 amide bonds. The summed E-state index contributed by atoms with van der Waals surface area (Å²) >= 11 is 0. The second-order valence-electron chi connectivity index (χ2n) is 9.23. The minimum Gasteiger partial charge on any atom is -0.379 e. The first kappa shape index (κ1) is 26.1. The predicted octanol–water partition coefficient (Wildman–Crippen LogP) is 5.13. The standard InChI is InChI=1S/C30H34N2O3S/c1-24-11-15-28(16-12-24)30(31-20-22-35-23-21-31)10-7-19-32(26(3)27-8-5-4-6-9-27)36(33,34)29-17-13-25(2)14-18-29/h4-6,8-9,11-18,26,30H,19-23H2,1-3H3/t26-,30?/m0/s1. The number of morpholine rings is 1. The van der Waals surface area contributed by atoms with Gasteiger partial charge in [-0.15, -0.1) is 0 Å². The van der Waals surface area contributed by atoms with Gasteiger partial charge in [0.05, 0.1) is 30.7 Å². The Balaban J connectivity index is 1.68. The van der Waals surface area contributed by atoms with Crippen molar-refractivity contribution in [3.05, 3.63) is 101 Å². The first-order valence-electron chi connectivity index (χ1n) is 12.4. The Hall–Kier alpha value is -2.95. The summed E-state index contributed by atoms with van der Waals surface area (Å²) in [5.74, 6) is 6.66. The van der Waals surface area contributed by atoms with Gasteiger partial charge < -0.3 is 4.74 Å². The lowest BCUT2D eigenvalue weighted by Crippen LogP contribution is -2.39. The maximum Gasteiger partial charge on any atom is 0.244 e. The van der Waals surface area contributed by atoms with E-state index in [4.69, 9.17) is 4.74 Å². The average molecular weight is 503 g/mol.